The third-order valence-corrected chi connectivity index (χ3v) is 11.7. The van der Waals surface area contributed by atoms with Gasteiger partial charge in [-0.1, -0.05) is 36.7 Å². The molecular weight excluding hydrogens is 434 g/mol. The smallest absolute Gasteiger partial charge is 0.262 e. The molecule has 0 saturated heterocycles. The maximum absolute atomic E-state index is 13.1. The average molecular weight is 472 g/mol. The van der Waals surface area contributed by atoms with Crippen LogP contribution in [0.25, 0.3) is 10.4 Å². The van der Waals surface area contributed by atoms with Crippen LogP contribution in [0.5, 0.6) is 0 Å². The second-order valence-electron chi connectivity index (χ2n) is 11.8. The standard InChI is InChI=1S/C26H37N3O3S/c1-17-4-7-20(8-5-17)33(30,31)32-24-11-10-22-21-9-6-18-16-19(28-29-27)12-14-25(18,2)23(21)13-15-26(22,24)3/h4-5,7-8,18-19,21-24H,6,9-16H2,1-3H3/t18-,19+,21-,22+,23-,24+,25-,26-/m0/s1. The SMILES string of the molecule is Cc1ccc(S(=O)(=O)O[C@@H]2CC[C@@H]3[C@@H]4CC[C@H]5C[C@H](N=[N+]=[N-])CC[C@]5(C)[C@H]4CC[C@@]32C)cc1. The van der Waals surface area contributed by atoms with Gasteiger partial charge in [0.15, 0.2) is 0 Å². The largest absolute Gasteiger partial charge is 0.297 e. The third kappa shape index (κ3) is 3.81. The van der Waals surface area contributed by atoms with Crippen LogP contribution in [0, 0.1) is 41.4 Å². The van der Waals surface area contributed by atoms with E-state index in [9.17, 15) is 8.42 Å². The third-order valence-electron chi connectivity index (χ3n) is 10.3. The van der Waals surface area contributed by atoms with Crippen molar-refractivity contribution in [3.63, 3.8) is 0 Å². The summed E-state index contributed by atoms with van der Waals surface area (Å²) in [4.78, 5) is 3.34. The first kappa shape index (κ1) is 23.2. The summed E-state index contributed by atoms with van der Waals surface area (Å²) in [5.74, 6) is 2.51. The molecule has 1 aromatic rings. The number of nitrogens with zero attached hydrogens (tertiary/aromatic N) is 3. The summed E-state index contributed by atoms with van der Waals surface area (Å²) in [6, 6.07) is 7.14. The highest BCUT2D eigenvalue weighted by atomic mass is 32.2. The minimum atomic E-state index is -3.76. The Morgan fingerprint density at radius 3 is 2.39 bits per heavy atom. The van der Waals surface area contributed by atoms with E-state index >= 15 is 0 Å². The van der Waals surface area contributed by atoms with Gasteiger partial charge in [0.25, 0.3) is 10.1 Å². The number of fused-ring (bicyclic) bond motifs is 5. The van der Waals surface area contributed by atoms with Gasteiger partial charge in [-0.15, -0.1) is 0 Å². The normalized spacial score (nSPS) is 42.5. The van der Waals surface area contributed by atoms with Gasteiger partial charge in [-0.2, -0.15) is 8.42 Å². The minimum absolute atomic E-state index is 0.0789. The highest BCUT2D eigenvalue weighted by Gasteiger charge is 2.61. The molecule has 1 aromatic carbocycles. The molecule has 4 aliphatic carbocycles. The molecule has 5 rings (SSSR count). The summed E-state index contributed by atoms with van der Waals surface area (Å²) in [7, 11) is -3.76. The van der Waals surface area contributed by atoms with Crippen LogP contribution in [0.4, 0.5) is 0 Å². The molecule has 180 valence electrons. The predicted molar refractivity (Wildman–Crippen MR) is 128 cm³/mol. The maximum Gasteiger partial charge on any atom is 0.297 e. The fourth-order valence-electron chi connectivity index (χ4n) is 8.44. The number of azide groups is 1. The minimum Gasteiger partial charge on any atom is -0.262 e. The van der Waals surface area contributed by atoms with Crippen molar-refractivity contribution >= 4 is 10.1 Å². The van der Waals surface area contributed by atoms with Crippen molar-refractivity contribution < 1.29 is 12.6 Å². The van der Waals surface area contributed by atoms with Gasteiger partial charge < -0.3 is 0 Å². The number of hydrogen-bond acceptors (Lipinski definition) is 4. The Bertz CT molecular complexity index is 1050. The van der Waals surface area contributed by atoms with Crippen LogP contribution in [-0.4, -0.2) is 20.6 Å². The molecule has 4 saturated carbocycles. The first-order chi connectivity index (χ1) is 15.7. The second kappa shape index (κ2) is 8.28. The van der Waals surface area contributed by atoms with E-state index in [0.29, 0.717) is 29.1 Å². The highest BCUT2D eigenvalue weighted by Crippen LogP contribution is 2.66. The topological polar surface area (TPSA) is 92.1 Å². The molecule has 0 N–H and O–H groups in total. The van der Waals surface area contributed by atoms with Crippen molar-refractivity contribution in [2.24, 2.45) is 39.6 Å². The monoisotopic (exact) mass is 471 g/mol. The van der Waals surface area contributed by atoms with E-state index in [1.54, 1.807) is 12.1 Å². The van der Waals surface area contributed by atoms with Gasteiger partial charge in [0, 0.05) is 11.0 Å². The predicted octanol–water partition coefficient (Wildman–Crippen LogP) is 6.79. The Kier molecular flexibility index (Phi) is 5.82. The molecule has 0 aromatic heterocycles. The van der Waals surface area contributed by atoms with E-state index in [0.717, 1.165) is 50.5 Å². The molecule has 7 heteroatoms. The summed E-state index contributed by atoms with van der Waals surface area (Å²) in [6.45, 7) is 6.74. The van der Waals surface area contributed by atoms with Gasteiger partial charge in [-0.05, 0) is 117 Å². The van der Waals surface area contributed by atoms with Gasteiger partial charge in [0.05, 0.1) is 11.0 Å². The molecular formula is C26H37N3O3S. The van der Waals surface area contributed by atoms with Crippen LogP contribution in [0.1, 0.15) is 77.2 Å². The Morgan fingerprint density at radius 2 is 1.67 bits per heavy atom. The van der Waals surface area contributed by atoms with Crippen LogP contribution in [0.3, 0.4) is 0 Å². The second-order valence-corrected chi connectivity index (χ2v) is 13.3. The molecule has 4 fully saturated rings. The summed E-state index contributed by atoms with van der Waals surface area (Å²) in [5, 5.41) is 4.05. The molecule has 0 aliphatic heterocycles. The summed E-state index contributed by atoms with van der Waals surface area (Å²) in [6.07, 6.45) is 9.45. The number of benzene rings is 1. The van der Waals surface area contributed by atoms with Crippen LogP contribution in [0.2, 0.25) is 0 Å². The highest BCUT2D eigenvalue weighted by molar-refractivity contribution is 7.86. The molecule has 4 aliphatic rings. The number of aryl methyl sites for hydroxylation is 1. The molecule has 33 heavy (non-hydrogen) atoms. The average Bonchev–Trinajstić information content (AvgIpc) is 3.10. The lowest BCUT2D eigenvalue weighted by Gasteiger charge is -2.60. The zero-order chi connectivity index (χ0) is 23.4. The molecule has 0 radical (unpaired) electrons. The Morgan fingerprint density at radius 1 is 0.970 bits per heavy atom. The summed E-state index contributed by atoms with van der Waals surface area (Å²) >= 11 is 0. The van der Waals surface area contributed by atoms with E-state index in [1.807, 2.05) is 19.1 Å². The van der Waals surface area contributed by atoms with Crippen LogP contribution in [0.15, 0.2) is 34.3 Å². The molecule has 0 amide bonds. The van der Waals surface area contributed by atoms with Gasteiger partial charge in [0.2, 0.25) is 0 Å². The van der Waals surface area contributed by atoms with Crippen molar-refractivity contribution in [1.82, 2.24) is 0 Å². The lowest BCUT2D eigenvalue weighted by molar-refractivity contribution is -0.119. The van der Waals surface area contributed by atoms with E-state index in [1.165, 1.54) is 12.8 Å². The fourth-order valence-corrected chi connectivity index (χ4v) is 9.64. The lowest BCUT2D eigenvalue weighted by atomic mass is 9.45. The Hall–Kier alpha value is -1.56. The molecule has 0 unspecified atom stereocenters. The van der Waals surface area contributed by atoms with E-state index < -0.39 is 10.1 Å². The van der Waals surface area contributed by atoms with Crippen molar-refractivity contribution in [3.8, 4) is 0 Å². The molecule has 0 bridgehead atoms. The van der Waals surface area contributed by atoms with Gasteiger partial charge >= 0.3 is 0 Å². The van der Waals surface area contributed by atoms with E-state index in [4.69, 9.17) is 9.71 Å². The fraction of sp³-hybridized carbons (Fsp3) is 0.769. The molecule has 0 heterocycles. The number of rotatable bonds is 4. The van der Waals surface area contributed by atoms with E-state index in [-0.39, 0.29) is 22.5 Å². The first-order valence-electron chi connectivity index (χ1n) is 12.7. The van der Waals surface area contributed by atoms with Crippen molar-refractivity contribution in [2.75, 3.05) is 0 Å². The Labute approximate surface area is 198 Å². The van der Waals surface area contributed by atoms with Crippen molar-refractivity contribution in [3.05, 3.63) is 40.3 Å². The quantitative estimate of drug-likeness (QED) is 0.209. The summed E-state index contributed by atoms with van der Waals surface area (Å²) < 4.78 is 32.1. The maximum atomic E-state index is 13.1. The van der Waals surface area contributed by atoms with Crippen LogP contribution in [-0.2, 0) is 14.3 Å². The number of hydrogen-bond donors (Lipinski definition) is 0. The van der Waals surface area contributed by atoms with Crippen LogP contribution < -0.4 is 0 Å². The van der Waals surface area contributed by atoms with E-state index in [2.05, 4.69) is 23.9 Å². The molecule has 6 nitrogen and oxygen atoms in total. The molecule has 0 spiro atoms. The van der Waals surface area contributed by atoms with Crippen LogP contribution >= 0.6 is 0 Å². The van der Waals surface area contributed by atoms with Gasteiger partial charge in [-0.3, -0.25) is 4.18 Å². The van der Waals surface area contributed by atoms with Crippen molar-refractivity contribution in [2.45, 2.75) is 95.6 Å². The zero-order valence-corrected chi connectivity index (χ0v) is 20.9. The zero-order valence-electron chi connectivity index (χ0n) is 20.1. The van der Waals surface area contributed by atoms with Crippen molar-refractivity contribution in [1.29, 1.82) is 0 Å². The van der Waals surface area contributed by atoms with Gasteiger partial charge in [-0.25, -0.2) is 0 Å². The first-order valence-corrected chi connectivity index (χ1v) is 14.1. The molecule has 8 atom stereocenters. The summed E-state index contributed by atoms with van der Waals surface area (Å²) in [5.41, 5.74) is 10.2. The Balaban J connectivity index is 1.34. The van der Waals surface area contributed by atoms with Gasteiger partial charge in [0.1, 0.15) is 0 Å². The lowest BCUT2D eigenvalue weighted by Crippen LogP contribution is -2.54.